The van der Waals surface area contributed by atoms with Gasteiger partial charge in [-0.2, -0.15) is 0 Å². The van der Waals surface area contributed by atoms with Crippen LogP contribution in [0.3, 0.4) is 0 Å². The Labute approximate surface area is 59.7 Å². The summed E-state index contributed by atoms with van der Waals surface area (Å²) in [5.74, 6) is 0.905. The monoisotopic (exact) mass is 127 g/mol. The Morgan fingerprint density at radius 3 is 2.44 bits per heavy atom. The lowest BCUT2D eigenvalue weighted by atomic mass is 10.00. The van der Waals surface area contributed by atoms with Gasteiger partial charge in [0.15, 0.2) is 0 Å². The molecule has 0 aliphatic rings. The minimum Gasteiger partial charge on any atom is -0.0654 e. The van der Waals surface area contributed by atoms with Gasteiger partial charge in [-0.1, -0.05) is 52.9 Å². The van der Waals surface area contributed by atoms with Crippen molar-refractivity contribution in [3.63, 3.8) is 0 Å². The third-order valence-electron chi connectivity index (χ3n) is 1.75. The zero-order valence-electron chi connectivity index (χ0n) is 6.82. The Balaban J connectivity index is 2.95. The van der Waals surface area contributed by atoms with Crippen LogP contribution < -0.4 is 0 Å². The Kier molecular flexibility index (Phi) is 6.12. The van der Waals surface area contributed by atoms with Crippen molar-refractivity contribution in [2.75, 3.05) is 0 Å². The van der Waals surface area contributed by atoms with E-state index in [1.807, 2.05) is 0 Å². The molecule has 0 unspecified atom stereocenters. The van der Waals surface area contributed by atoms with Crippen molar-refractivity contribution in [3.05, 3.63) is 6.92 Å². The van der Waals surface area contributed by atoms with Crippen LogP contribution in [0.25, 0.3) is 0 Å². The molecule has 55 valence electrons. The van der Waals surface area contributed by atoms with Crippen LogP contribution in [0.15, 0.2) is 0 Å². The summed E-state index contributed by atoms with van der Waals surface area (Å²) >= 11 is 0. The van der Waals surface area contributed by atoms with Crippen LogP contribution in [-0.4, -0.2) is 0 Å². The molecule has 0 saturated carbocycles. The minimum atomic E-state index is 0.905. The SMILES string of the molecule is [CH2]CC[C@H](C)CCCC. The molecule has 0 aliphatic carbocycles. The lowest BCUT2D eigenvalue weighted by Crippen LogP contribution is -1.92. The maximum absolute atomic E-state index is 3.83. The van der Waals surface area contributed by atoms with Gasteiger partial charge in [0, 0.05) is 0 Å². The van der Waals surface area contributed by atoms with Crippen molar-refractivity contribution < 1.29 is 0 Å². The van der Waals surface area contributed by atoms with Gasteiger partial charge in [-0.15, -0.1) is 0 Å². The third kappa shape index (κ3) is 5.88. The van der Waals surface area contributed by atoms with Gasteiger partial charge in [0.25, 0.3) is 0 Å². The summed E-state index contributed by atoms with van der Waals surface area (Å²) in [5.41, 5.74) is 0. The highest BCUT2D eigenvalue weighted by molar-refractivity contribution is 4.53. The van der Waals surface area contributed by atoms with E-state index in [1.54, 1.807) is 0 Å². The Hall–Kier alpha value is 0. The second-order valence-electron chi connectivity index (χ2n) is 2.89. The van der Waals surface area contributed by atoms with Crippen LogP contribution in [-0.2, 0) is 0 Å². The molecule has 0 nitrogen and oxygen atoms in total. The fourth-order valence-electron chi connectivity index (χ4n) is 1.05. The maximum Gasteiger partial charge on any atom is -0.0443 e. The van der Waals surface area contributed by atoms with Gasteiger partial charge in [-0.3, -0.25) is 0 Å². The van der Waals surface area contributed by atoms with Crippen molar-refractivity contribution in [2.24, 2.45) is 5.92 Å². The van der Waals surface area contributed by atoms with Crippen LogP contribution in [0.5, 0.6) is 0 Å². The molecule has 0 heteroatoms. The zero-order valence-corrected chi connectivity index (χ0v) is 6.82. The summed E-state index contributed by atoms with van der Waals surface area (Å²) in [6, 6.07) is 0. The fraction of sp³-hybridized carbons (Fsp3) is 0.889. The van der Waals surface area contributed by atoms with Crippen molar-refractivity contribution >= 4 is 0 Å². The van der Waals surface area contributed by atoms with Crippen molar-refractivity contribution in [3.8, 4) is 0 Å². The van der Waals surface area contributed by atoms with E-state index in [4.69, 9.17) is 0 Å². The molecular formula is C9H19. The van der Waals surface area contributed by atoms with E-state index in [1.165, 1.54) is 25.7 Å². The smallest absolute Gasteiger partial charge is 0.0443 e. The number of rotatable bonds is 5. The maximum atomic E-state index is 3.83. The molecule has 0 amide bonds. The predicted molar refractivity (Wildman–Crippen MR) is 43.3 cm³/mol. The average Bonchev–Trinajstić information content (AvgIpc) is 1.85. The summed E-state index contributed by atoms with van der Waals surface area (Å²) in [5, 5.41) is 0. The van der Waals surface area contributed by atoms with Gasteiger partial charge >= 0.3 is 0 Å². The summed E-state index contributed by atoms with van der Waals surface area (Å²) in [6.07, 6.45) is 6.53. The van der Waals surface area contributed by atoms with E-state index in [0.29, 0.717) is 0 Å². The highest BCUT2D eigenvalue weighted by Gasteiger charge is 1.97. The quantitative estimate of drug-likeness (QED) is 0.530. The van der Waals surface area contributed by atoms with Gasteiger partial charge in [-0.25, -0.2) is 0 Å². The van der Waals surface area contributed by atoms with Crippen molar-refractivity contribution in [1.29, 1.82) is 0 Å². The molecule has 0 N–H and O–H groups in total. The van der Waals surface area contributed by atoms with Crippen molar-refractivity contribution in [1.82, 2.24) is 0 Å². The van der Waals surface area contributed by atoms with Crippen molar-refractivity contribution in [2.45, 2.75) is 46.0 Å². The minimum absolute atomic E-state index is 0.905. The summed E-state index contributed by atoms with van der Waals surface area (Å²) in [6.45, 7) is 8.40. The zero-order chi connectivity index (χ0) is 7.11. The number of unbranched alkanes of at least 4 members (excludes halogenated alkanes) is 1. The lowest BCUT2D eigenvalue weighted by molar-refractivity contribution is 0.475. The number of hydrogen-bond donors (Lipinski definition) is 0. The molecule has 1 atom stereocenters. The van der Waals surface area contributed by atoms with Gasteiger partial charge in [0.2, 0.25) is 0 Å². The van der Waals surface area contributed by atoms with E-state index in [-0.39, 0.29) is 0 Å². The second kappa shape index (κ2) is 6.12. The van der Waals surface area contributed by atoms with Crippen LogP contribution in [0, 0.1) is 12.8 Å². The third-order valence-corrected chi connectivity index (χ3v) is 1.75. The first-order valence-electron chi connectivity index (χ1n) is 4.10. The fourth-order valence-corrected chi connectivity index (χ4v) is 1.05. The van der Waals surface area contributed by atoms with Gasteiger partial charge in [-0.05, 0) is 5.92 Å². The van der Waals surface area contributed by atoms with E-state index in [9.17, 15) is 0 Å². The first-order chi connectivity index (χ1) is 4.31. The second-order valence-corrected chi connectivity index (χ2v) is 2.89. The molecule has 0 aromatic carbocycles. The van der Waals surface area contributed by atoms with Crippen LogP contribution >= 0.6 is 0 Å². The molecular weight excluding hydrogens is 108 g/mol. The molecule has 0 aliphatic heterocycles. The highest BCUT2D eigenvalue weighted by atomic mass is 14.0. The molecule has 1 radical (unpaired) electrons. The van der Waals surface area contributed by atoms with Gasteiger partial charge in [0.05, 0.1) is 0 Å². The highest BCUT2D eigenvalue weighted by Crippen LogP contribution is 2.12. The molecule has 0 saturated heterocycles. The van der Waals surface area contributed by atoms with E-state index < -0.39 is 0 Å². The lowest BCUT2D eigenvalue weighted by Gasteiger charge is -2.06. The topological polar surface area (TPSA) is 0 Å². The van der Waals surface area contributed by atoms with Gasteiger partial charge in [0.1, 0.15) is 0 Å². The Morgan fingerprint density at radius 1 is 1.33 bits per heavy atom. The van der Waals surface area contributed by atoms with Crippen LogP contribution in [0.1, 0.15) is 46.0 Å². The molecule has 0 aromatic heterocycles. The molecule has 0 spiro atoms. The predicted octanol–water partition coefficient (Wildman–Crippen LogP) is 3.43. The Morgan fingerprint density at radius 2 is 2.00 bits per heavy atom. The number of hydrogen-bond acceptors (Lipinski definition) is 0. The molecule has 9 heavy (non-hydrogen) atoms. The first-order valence-corrected chi connectivity index (χ1v) is 4.10. The molecule has 0 rings (SSSR count). The molecule has 0 bridgehead atoms. The van der Waals surface area contributed by atoms with E-state index in [2.05, 4.69) is 20.8 Å². The normalized spacial score (nSPS) is 13.7. The van der Waals surface area contributed by atoms with Crippen LogP contribution in [0.4, 0.5) is 0 Å². The summed E-state index contributed by atoms with van der Waals surface area (Å²) < 4.78 is 0. The summed E-state index contributed by atoms with van der Waals surface area (Å²) in [4.78, 5) is 0. The van der Waals surface area contributed by atoms with E-state index in [0.717, 1.165) is 12.3 Å². The van der Waals surface area contributed by atoms with E-state index >= 15 is 0 Å². The first kappa shape index (κ1) is 9.00. The largest absolute Gasteiger partial charge is 0.0654 e. The summed E-state index contributed by atoms with van der Waals surface area (Å²) in [7, 11) is 0. The average molecular weight is 127 g/mol. The van der Waals surface area contributed by atoms with Crippen LogP contribution in [0.2, 0.25) is 0 Å². The molecule has 0 heterocycles. The van der Waals surface area contributed by atoms with Gasteiger partial charge < -0.3 is 0 Å². The standard InChI is InChI=1S/C9H19/c1-4-6-8-9(3)7-5-2/h9H,2,4-8H2,1,3H3/t9-/m0/s1. The Bertz CT molecular complexity index is 48.0. The molecule has 0 aromatic rings. The molecule has 0 fully saturated rings.